The van der Waals surface area contributed by atoms with Crippen LogP contribution in [0.1, 0.15) is 10.6 Å². The van der Waals surface area contributed by atoms with Crippen LogP contribution in [0.3, 0.4) is 0 Å². The fraction of sp³-hybridized carbons (Fsp3) is 0. The largest absolute Gasteiger partial charge is 0.449 e. The van der Waals surface area contributed by atoms with Gasteiger partial charge in [0.2, 0.25) is 5.76 Å². The highest BCUT2D eigenvalue weighted by atomic mass is 79.9. The molecule has 0 fully saturated rings. The Morgan fingerprint density at radius 1 is 1.05 bits per heavy atom. The normalized spacial score (nSPS) is 10.8. The minimum Gasteiger partial charge on any atom is -0.449 e. The number of hydrogen-bond acceptors (Lipinski definition) is 3. The molecule has 0 atom stereocenters. The standard InChI is InChI=1S/C15H11BrN2O2/c16-10-4-1-8(2-5-10)9-3-6-12-11(7-9)13(17)14(20-12)15(18)19/h1-7H,17H2,(H2,18,19). The molecule has 3 rings (SSSR count). The van der Waals surface area contributed by atoms with Crippen molar-refractivity contribution in [2.75, 3.05) is 5.73 Å². The third-order valence-electron chi connectivity index (χ3n) is 3.13. The Hall–Kier alpha value is -2.27. The van der Waals surface area contributed by atoms with E-state index in [1.807, 2.05) is 36.4 Å². The Morgan fingerprint density at radius 3 is 2.35 bits per heavy atom. The number of primary amides is 1. The van der Waals surface area contributed by atoms with Gasteiger partial charge in [-0.3, -0.25) is 4.79 Å². The number of amides is 1. The van der Waals surface area contributed by atoms with Crippen molar-refractivity contribution in [1.29, 1.82) is 0 Å². The summed E-state index contributed by atoms with van der Waals surface area (Å²) in [5.41, 5.74) is 14.0. The van der Waals surface area contributed by atoms with Gasteiger partial charge in [-0.05, 0) is 35.4 Å². The molecule has 0 aliphatic rings. The summed E-state index contributed by atoms with van der Waals surface area (Å²) < 4.78 is 6.38. The van der Waals surface area contributed by atoms with E-state index >= 15 is 0 Å². The monoisotopic (exact) mass is 330 g/mol. The molecule has 0 spiro atoms. The van der Waals surface area contributed by atoms with Crippen LogP contribution in [0.4, 0.5) is 5.69 Å². The SMILES string of the molecule is NC(=O)c1oc2ccc(-c3ccc(Br)cc3)cc2c1N. The van der Waals surface area contributed by atoms with Crippen molar-refractivity contribution in [3.63, 3.8) is 0 Å². The summed E-state index contributed by atoms with van der Waals surface area (Å²) in [4.78, 5) is 11.2. The number of furan rings is 1. The first-order valence-corrected chi connectivity index (χ1v) is 6.73. The molecule has 0 unspecified atom stereocenters. The molecule has 0 aliphatic carbocycles. The van der Waals surface area contributed by atoms with Crippen LogP contribution in [0.2, 0.25) is 0 Å². The molecule has 4 nitrogen and oxygen atoms in total. The number of benzene rings is 2. The zero-order chi connectivity index (χ0) is 14.3. The lowest BCUT2D eigenvalue weighted by Crippen LogP contribution is -2.11. The molecule has 1 amide bonds. The summed E-state index contributed by atoms with van der Waals surface area (Å²) in [6, 6.07) is 13.5. The molecule has 0 radical (unpaired) electrons. The molecule has 20 heavy (non-hydrogen) atoms. The number of nitrogen functional groups attached to an aromatic ring is 1. The Bertz CT molecular complexity index is 807. The predicted molar refractivity (Wildman–Crippen MR) is 82.3 cm³/mol. The molecule has 1 heterocycles. The number of fused-ring (bicyclic) bond motifs is 1. The number of carbonyl (C=O) groups is 1. The molecule has 1 aromatic heterocycles. The molecular weight excluding hydrogens is 320 g/mol. The van der Waals surface area contributed by atoms with Crippen molar-refractivity contribution in [3.05, 3.63) is 52.7 Å². The van der Waals surface area contributed by atoms with E-state index in [4.69, 9.17) is 15.9 Å². The maximum absolute atomic E-state index is 11.2. The van der Waals surface area contributed by atoms with Gasteiger partial charge in [-0.2, -0.15) is 0 Å². The van der Waals surface area contributed by atoms with Crippen LogP contribution in [0.15, 0.2) is 51.4 Å². The first-order chi connectivity index (χ1) is 9.56. The average molecular weight is 331 g/mol. The van der Waals surface area contributed by atoms with Crippen molar-refractivity contribution >= 4 is 38.5 Å². The van der Waals surface area contributed by atoms with Crippen molar-refractivity contribution in [2.45, 2.75) is 0 Å². The summed E-state index contributed by atoms with van der Waals surface area (Å²) in [5, 5.41) is 0.694. The summed E-state index contributed by atoms with van der Waals surface area (Å²) in [5.74, 6) is -0.656. The first-order valence-electron chi connectivity index (χ1n) is 5.94. The fourth-order valence-electron chi connectivity index (χ4n) is 2.12. The molecule has 0 bridgehead atoms. The molecule has 0 saturated carbocycles. The summed E-state index contributed by atoms with van der Waals surface area (Å²) >= 11 is 3.40. The summed E-state index contributed by atoms with van der Waals surface area (Å²) in [6.07, 6.45) is 0. The lowest BCUT2D eigenvalue weighted by Gasteiger charge is -2.02. The molecule has 4 N–H and O–H groups in total. The molecule has 0 aliphatic heterocycles. The van der Waals surface area contributed by atoms with Crippen LogP contribution in [-0.4, -0.2) is 5.91 Å². The van der Waals surface area contributed by atoms with Gasteiger partial charge in [0.15, 0.2) is 0 Å². The van der Waals surface area contributed by atoms with Crippen LogP contribution in [-0.2, 0) is 0 Å². The van der Waals surface area contributed by atoms with Gasteiger partial charge in [-0.1, -0.05) is 34.1 Å². The van der Waals surface area contributed by atoms with Gasteiger partial charge in [0.05, 0.1) is 5.69 Å². The second-order valence-electron chi connectivity index (χ2n) is 4.43. The van der Waals surface area contributed by atoms with Crippen molar-refractivity contribution < 1.29 is 9.21 Å². The Kier molecular flexibility index (Phi) is 2.99. The van der Waals surface area contributed by atoms with Crippen LogP contribution < -0.4 is 11.5 Å². The fourth-order valence-corrected chi connectivity index (χ4v) is 2.39. The van der Waals surface area contributed by atoms with Gasteiger partial charge in [-0.15, -0.1) is 0 Å². The van der Waals surface area contributed by atoms with Gasteiger partial charge < -0.3 is 15.9 Å². The minimum absolute atomic E-state index is 0.00737. The number of anilines is 1. The van der Waals surface area contributed by atoms with Gasteiger partial charge in [0.1, 0.15) is 5.58 Å². The molecule has 5 heteroatoms. The molecular formula is C15H11BrN2O2. The number of carbonyl (C=O) groups excluding carboxylic acids is 1. The minimum atomic E-state index is -0.663. The zero-order valence-corrected chi connectivity index (χ0v) is 12.0. The summed E-state index contributed by atoms with van der Waals surface area (Å²) in [6.45, 7) is 0. The third kappa shape index (κ3) is 2.06. The van der Waals surface area contributed by atoms with E-state index in [0.717, 1.165) is 15.6 Å². The maximum atomic E-state index is 11.2. The van der Waals surface area contributed by atoms with Gasteiger partial charge >= 0.3 is 0 Å². The molecule has 100 valence electrons. The Labute approximate surface area is 123 Å². The number of nitrogens with two attached hydrogens (primary N) is 2. The third-order valence-corrected chi connectivity index (χ3v) is 3.66. The van der Waals surface area contributed by atoms with E-state index in [-0.39, 0.29) is 11.4 Å². The molecule has 2 aromatic carbocycles. The van der Waals surface area contributed by atoms with E-state index < -0.39 is 5.91 Å². The quantitative estimate of drug-likeness (QED) is 0.753. The van der Waals surface area contributed by atoms with E-state index in [9.17, 15) is 4.79 Å². The number of halogens is 1. The van der Waals surface area contributed by atoms with Crippen LogP contribution in [0.5, 0.6) is 0 Å². The predicted octanol–water partition coefficient (Wildman–Crippen LogP) is 3.54. The highest BCUT2D eigenvalue weighted by Crippen LogP contribution is 2.32. The van der Waals surface area contributed by atoms with Crippen molar-refractivity contribution in [1.82, 2.24) is 0 Å². The molecule has 3 aromatic rings. The highest BCUT2D eigenvalue weighted by Gasteiger charge is 2.16. The van der Waals surface area contributed by atoms with Gasteiger partial charge in [-0.25, -0.2) is 0 Å². The molecule has 0 saturated heterocycles. The first kappa shape index (κ1) is 12.7. The van der Waals surface area contributed by atoms with Crippen LogP contribution in [0, 0.1) is 0 Å². The summed E-state index contributed by atoms with van der Waals surface area (Å²) in [7, 11) is 0. The van der Waals surface area contributed by atoms with E-state index in [2.05, 4.69) is 15.9 Å². The van der Waals surface area contributed by atoms with Crippen molar-refractivity contribution in [2.24, 2.45) is 5.73 Å². The van der Waals surface area contributed by atoms with E-state index in [1.54, 1.807) is 6.07 Å². The van der Waals surface area contributed by atoms with E-state index in [0.29, 0.717) is 11.0 Å². The van der Waals surface area contributed by atoms with Crippen LogP contribution in [0.25, 0.3) is 22.1 Å². The Morgan fingerprint density at radius 2 is 1.70 bits per heavy atom. The van der Waals surface area contributed by atoms with Crippen LogP contribution >= 0.6 is 15.9 Å². The van der Waals surface area contributed by atoms with Gasteiger partial charge in [0.25, 0.3) is 5.91 Å². The smallest absolute Gasteiger partial charge is 0.286 e. The number of hydrogen-bond donors (Lipinski definition) is 2. The zero-order valence-electron chi connectivity index (χ0n) is 10.4. The van der Waals surface area contributed by atoms with E-state index in [1.165, 1.54) is 0 Å². The highest BCUT2D eigenvalue weighted by molar-refractivity contribution is 9.10. The number of rotatable bonds is 2. The van der Waals surface area contributed by atoms with Crippen molar-refractivity contribution in [3.8, 4) is 11.1 Å². The second-order valence-corrected chi connectivity index (χ2v) is 5.34. The van der Waals surface area contributed by atoms with Gasteiger partial charge in [0, 0.05) is 9.86 Å². The Balaban J connectivity index is 2.17. The lowest BCUT2D eigenvalue weighted by molar-refractivity contribution is 0.0977. The maximum Gasteiger partial charge on any atom is 0.286 e. The topological polar surface area (TPSA) is 82.2 Å². The second kappa shape index (κ2) is 4.68. The lowest BCUT2D eigenvalue weighted by atomic mass is 10.0. The average Bonchev–Trinajstić information content (AvgIpc) is 2.77.